The van der Waals surface area contributed by atoms with Gasteiger partial charge in [0.1, 0.15) is 6.07 Å². The number of hydrogen-bond acceptors (Lipinski definition) is 4. The second-order valence-corrected chi connectivity index (χ2v) is 4.25. The Morgan fingerprint density at radius 1 is 1.05 bits per heavy atom. The van der Waals surface area contributed by atoms with Crippen molar-refractivity contribution < 1.29 is 0 Å². The number of halogens is 1. The monoisotopic (exact) mass is 268 g/mol. The van der Waals surface area contributed by atoms with Crippen molar-refractivity contribution in [2.24, 2.45) is 0 Å². The molecular formula is C14H9ClN4. The van der Waals surface area contributed by atoms with Crippen molar-refractivity contribution in [2.75, 3.05) is 11.1 Å². The average Bonchev–Trinajstić information content (AvgIpc) is 2.41. The number of hydrogen-bond donors (Lipinski definition) is 2. The summed E-state index contributed by atoms with van der Waals surface area (Å²) in [6.45, 7) is 0. The van der Waals surface area contributed by atoms with Crippen LogP contribution in [0.25, 0.3) is 0 Å². The van der Waals surface area contributed by atoms with Gasteiger partial charge >= 0.3 is 0 Å². The maximum atomic E-state index is 8.80. The molecule has 92 valence electrons. The standard InChI is InChI=1S/C14H9ClN4/c15-12-5-9(7-16)1-4-14(12)19-11-3-2-10(8-17)13(18)6-11/h1-6,19H,18H2. The van der Waals surface area contributed by atoms with Crippen molar-refractivity contribution in [3.05, 3.63) is 52.5 Å². The number of nitriles is 2. The summed E-state index contributed by atoms with van der Waals surface area (Å²) in [6, 6.07) is 14.0. The van der Waals surface area contributed by atoms with Crippen LogP contribution in [0.5, 0.6) is 0 Å². The molecule has 0 amide bonds. The Labute approximate surface area is 115 Å². The molecule has 4 nitrogen and oxygen atoms in total. The maximum Gasteiger partial charge on any atom is 0.101 e. The van der Waals surface area contributed by atoms with E-state index in [9.17, 15) is 0 Å². The number of benzene rings is 2. The SMILES string of the molecule is N#Cc1ccc(Nc2ccc(C#N)c(N)c2)c(Cl)c1. The molecular weight excluding hydrogens is 260 g/mol. The van der Waals surface area contributed by atoms with E-state index in [2.05, 4.69) is 5.32 Å². The number of nitrogens with two attached hydrogens (primary N) is 1. The van der Waals surface area contributed by atoms with E-state index < -0.39 is 0 Å². The van der Waals surface area contributed by atoms with Gasteiger partial charge in [-0.05, 0) is 36.4 Å². The van der Waals surface area contributed by atoms with Crippen LogP contribution >= 0.6 is 11.6 Å². The zero-order chi connectivity index (χ0) is 13.8. The molecule has 0 atom stereocenters. The van der Waals surface area contributed by atoms with Crippen molar-refractivity contribution in [3.63, 3.8) is 0 Å². The van der Waals surface area contributed by atoms with Crippen LogP contribution in [-0.2, 0) is 0 Å². The minimum Gasteiger partial charge on any atom is -0.398 e. The quantitative estimate of drug-likeness (QED) is 0.817. The van der Waals surface area contributed by atoms with Gasteiger partial charge in [-0.3, -0.25) is 0 Å². The molecule has 3 N–H and O–H groups in total. The van der Waals surface area contributed by atoms with E-state index in [1.165, 1.54) is 0 Å². The van der Waals surface area contributed by atoms with E-state index >= 15 is 0 Å². The highest BCUT2D eigenvalue weighted by atomic mass is 35.5. The van der Waals surface area contributed by atoms with Crippen LogP contribution in [0.3, 0.4) is 0 Å². The normalized spacial score (nSPS) is 9.42. The summed E-state index contributed by atoms with van der Waals surface area (Å²) in [6.07, 6.45) is 0. The summed E-state index contributed by atoms with van der Waals surface area (Å²) >= 11 is 6.06. The van der Waals surface area contributed by atoms with Crippen LogP contribution < -0.4 is 11.1 Å². The number of nitrogens with one attached hydrogen (secondary N) is 1. The fourth-order valence-corrected chi connectivity index (χ4v) is 1.81. The largest absolute Gasteiger partial charge is 0.398 e. The summed E-state index contributed by atoms with van der Waals surface area (Å²) in [5.41, 5.74) is 8.45. The van der Waals surface area contributed by atoms with Gasteiger partial charge in [0.25, 0.3) is 0 Å². The Morgan fingerprint density at radius 3 is 2.42 bits per heavy atom. The first-order valence-electron chi connectivity index (χ1n) is 5.40. The first-order valence-corrected chi connectivity index (χ1v) is 5.78. The van der Waals surface area contributed by atoms with E-state index in [1.807, 2.05) is 12.1 Å². The van der Waals surface area contributed by atoms with Gasteiger partial charge in [-0.15, -0.1) is 0 Å². The molecule has 0 unspecified atom stereocenters. The topological polar surface area (TPSA) is 85.6 Å². The van der Waals surface area contributed by atoms with Crippen molar-refractivity contribution in [3.8, 4) is 12.1 Å². The Hall–Kier alpha value is -2.69. The molecule has 2 aromatic carbocycles. The highest BCUT2D eigenvalue weighted by molar-refractivity contribution is 6.33. The summed E-state index contributed by atoms with van der Waals surface area (Å²) < 4.78 is 0. The van der Waals surface area contributed by atoms with Crippen molar-refractivity contribution in [1.82, 2.24) is 0 Å². The first kappa shape index (κ1) is 12.8. The van der Waals surface area contributed by atoms with E-state index in [0.717, 1.165) is 5.69 Å². The highest BCUT2D eigenvalue weighted by Crippen LogP contribution is 2.27. The molecule has 2 rings (SSSR count). The van der Waals surface area contributed by atoms with Gasteiger partial charge < -0.3 is 11.1 Å². The van der Waals surface area contributed by atoms with Gasteiger partial charge in [0, 0.05) is 5.69 Å². The van der Waals surface area contributed by atoms with Crippen molar-refractivity contribution in [1.29, 1.82) is 10.5 Å². The molecule has 0 bridgehead atoms. The molecule has 2 aromatic rings. The van der Waals surface area contributed by atoms with Crippen LogP contribution in [0.4, 0.5) is 17.1 Å². The van der Waals surface area contributed by atoms with Crippen LogP contribution in [0.2, 0.25) is 5.02 Å². The Kier molecular flexibility index (Phi) is 3.56. The second kappa shape index (κ2) is 5.30. The van der Waals surface area contributed by atoms with Gasteiger partial charge in [-0.2, -0.15) is 10.5 Å². The van der Waals surface area contributed by atoms with Crippen LogP contribution in [0, 0.1) is 22.7 Å². The minimum absolute atomic E-state index is 0.400. The molecule has 0 heterocycles. The average molecular weight is 269 g/mol. The van der Waals surface area contributed by atoms with Crippen molar-refractivity contribution in [2.45, 2.75) is 0 Å². The maximum absolute atomic E-state index is 8.80. The second-order valence-electron chi connectivity index (χ2n) is 3.85. The molecule has 0 saturated heterocycles. The lowest BCUT2D eigenvalue weighted by atomic mass is 10.1. The molecule has 0 spiro atoms. The lowest BCUT2D eigenvalue weighted by Gasteiger charge is -2.09. The fraction of sp³-hybridized carbons (Fsp3) is 0. The van der Waals surface area contributed by atoms with Crippen LogP contribution in [-0.4, -0.2) is 0 Å². The third-order valence-corrected chi connectivity index (χ3v) is 2.86. The molecule has 19 heavy (non-hydrogen) atoms. The molecule has 0 aromatic heterocycles. The molecule has 0 aliphatic rings. The Balaban J connectivity index is 2.30. The number of nitrogens with zero attached hydrogens (tertiary/aromatic N) is 2. The smallest absolute Gasteiger partial charge is 0.101 e. The van der Waals surface area contributed by atoms with E-state index in [-0.39, 0.29) is 0 Å². The van der Waals surface area contributed by atoms with E-state index in [0.29, 0.717) is 27.5 Å². The lowest BCUT2D eigenvalue weighted by Crippen LogP contribution is -1.95. The van der Waals surface area contributed by atoms with Gasteiger partial charge in [-0.25, -0.2) is 0 Å². The highest BCUT2D eigenvalue weighted by Gasteiger charge is 2.04. The zero-order valence-electron chi connectivity index (χ0n) is 9.81. The molecule has 0 fully saturated rings. The van der Waals surface area contributed by atoms with Crippen LogP contribution in [0.1, 0.15) is 11.1 Å². The number of anilines is 3. The number of rotatable bonds is 2. The third-order valence-electron chi connectivity index (χ3n) is 2.55. The van der Waals surface area contributed by atoms with E-state index in [4.69, 9.17) is 27.9 Å². The zero-order valence-corrected chi connectivity index (χ0v) is 10.6. The Bertz CT molecular complexity index is 710. The minimum atomic E-state index is 0.400. The summed E-state index contributed by atoms with van der Waals surface area (Å²) in [5, 5.41) is 21.1. The van der Waals surface area contributed by atoms with Gasteiger partial charge in [-0.1, -0.05) is 11.6 Å². The predicted molar refractivity (Wildman–Crippen MR) is 75.0 cm³/mol. The number of nitrogen functional groups attached to an aromatic ring is 1. The lowest BCUT2D eigenvalue weighted by molar-refractivity contribution is 1.46. The summed E-state index contributed by atoms with van der Waals surface area (Å²) in [4.78, 5) is 0. The van der Waals surface area contributed by atoms with E-state index in [1.54, 1.807) is 36.4 Å². The van der Waals surface area contributed by atoms with Crippen LogP contribution in [0.15, 0.2) is 36.4 Å². The molecule has 5 heteroatoms. The fourth-order valence-electron chi connectivity index (χ4n) is 1.58. The Morgan fingerprint density at radius 2 is 1.84 bits per heavy atom. The van der Waals surface area contributed by atoms with Gasteiger partial charge in [0.2, 0.25) is 0 Å². The van der Waals surface area contributed by atoms with Crippen molar-refractivity contribution >= 4 is 28.7 Å². The van der Waals surface area contributed by atoms with Gasteiger partial charge in [0.05, 0.1) is 33.6 Å². The molecule has 0 radical (unpaired) electrons. The molecule has 0 aliphatic heterocycles. The molecule has 0 aliphatic carbocycles. The third kappa shape index (κ3) is 2.77. The first-order chi connectivity index (χ1) is 9.13. The molecule has 0 saturated carbocycles. The summed E-state index contributed by atoms with van der Waals surface area (Å²) in [5.74, 6) is 0. The van der Waals surface area contributed by atoms with Gasteiger partial charge in [0.15, 0.2) is 0 Å². The summed E-state index contributed by atoms with van der Waals surface area (Å²) in [7, 11) is 0. The predicted octanol–water partition coefficient (Wildman–Crippen LogP) is 3.41.